The molecule has 0 spiro atoms. The Labute approximate surface area is 177 Å². The van der Waals surface area contributed by atoms with E-state index in [1.165, 1.54) is 0 Å². The molecular weight excluding hydrogens is 400 g/mol. The van der Waals surface area contributed by atoms with Crippen molar-refractivity contribution in [3.05, 3.63) is 96.1 Å². The fraction of sp³-hybridized carbons (Fsp3) is 0.174. The second-order valence-electron chi connectivity index (χ2n) is 6.93. The molecule has 0 saturated carbocycles. The summed E-state index contributed by atoms with van der Waals surface area (Å²) in [6, 6.07) is 24.6. The van der Waals surface area contributed by atoms with Crippen molar-refractivity contribution < 1.29 is 17.9 Å². The Hall–Kier alpha value is -3.32. The fourth-order valence-electron chi connectivity index (χ4n) is 2.89. The van der Waals surface area contributed by atoms with Crippen molar-refractivity contribution in [2.45, 2.75) is 30.9 Å². The van der Waals surface area contributed by atoms with Gasteiger partial charge in [-0.15, -0.1) is 0 Å². The number of anilines is 1. The topological polar surface area (TPSA) is 84.5 Å². The van der Waals surface area contributed by atoms with Crippen molar-refractivity contribution in [2.75, 3.05) is 4.72 Å². The monoisotopic (exact) mass is 424 g/mol. The number of rotatable bonds is 8. The SMILES string of the molecule is C[C@@H](Cc1ccc(NS(=O)(=O)c2ccccc2)cc1)NC(=O)OCc1ccccc1. The first-order valence-corrected chi connectivity index (χ1v) is 11.0. The molecule has 0 fully saturated rings. The highest BCUT2D eigenvalue weighted by atomic mass is 32.2. The van der Waals surface area contributed by atoms with Gasteiger partial charge in [0.2, 0.25) is 0 Å². The molecule has 7 heteroatoms. The third-order valence-electron chi connectivity index (χ3n) is 4.38. The maximum absolute atomic E-state index is 12.4. The van der Waals surface area contributed by atoms with Crippen LogP contribution in [0.1, 0.15) is 18.1 Å². The van der Waals surface area contributed by atoms with Crippen molar-refractivity contribution in [3.8, 4) is 0 Å². The van der Waals surface area contributed by atoms with Gasteiger partial charge < -0.3 is 10.1 Å². The normalized spacial score (nSPS) is 12.0. The van der Waals surface area contributed by atoms with Crippen LogP contribution in [0.3, 0.4) is 0 Å². The molecule has 156 valence electrons. The first-order valence-electron chi connectivity index (χ1n) is 9.56. The van der Waals surface area contributed by atoms with Gasteiger partial charge in [0.05, 0.1) is 4.90 Å². The van der Waals surface area contributed by atoms with E-state index >= 15 is 0 Å². The second-order valence-corrected chi connectivity index (χ2v) is 8.61. The van der Waals surface area contributed by atoms with Gasteiger partial charge in [0, 0.05) is 11.7 Å². The molecule has 1 atom stereocenters. The van der Waals surface area contributed by atoms with Gasteiger partial charge in [-0.2, -0.15) is 0 Å². The summed E-state index contributed by atoms with van der Waals surface area (Å²) >= 11 is 0. The molecule has 0 unspecified atom stereocenters. The number of alkyl carbamates (subject to hydrolysis) is 1. The van der Waals surface area contributed by atoms with Gasteiger partial charge in [-0.1, -0.05) is 60.7 Å². The summed E-state index contributed by atoms with van der Waals surface area (Å²) in [5.41, 5.74) is 2.37. The Morgan fingerprint density at radius 2 is 1.47 bits per heavy atom. The molecule has 0 aliphatic rings. The number of nitrogens with one attached hydrogen (secondary N) is 2. The Bertz CT molecular complexity index is 1050. The summed E-state index contributed by atoms with van der Waals surface area (Å²) in [4.78, 5) is 12.2. The fourth-order valence-corrected chi connectivity index (χ4v) is 3.97. The molecule has 3 aromatic rings. The molecule has 1 amide bonds. The molecule has 0 saturated heterocycles. The zero-order valence-electron chi connectivity index (χ0n) is 16.6. The number of hydrogen-bond acceptors (Lipinski definition) is 4. The van der Waals surface area contributed by atoms with Gasteiger partial charge in [0.15, 0.2) is 0 Å². The van der Waals surface area contributed by atoms with Crippen LogP contribution >= 0.6 is 0 Å². The van der Waals surface area contributed by atoms with Crippen molar-refractivity contribution in [3.63, 3.8) is 0 Å². The molecule has 0 bridgehead atoms. The maximum atomic E-state index is 12.4. The summed E-state index contributed by atoms with van der Waals surface area (Å²) < 4.78 is 32.5. The van der Waals surface area contributed by atoms with E-state index in [2.05, 4.69) is 10.0 Å². The van der Waals surface area contributed by atoms with E-state index in [4.69, 9.17) is 4.74 Å². The van der Waals surface area contributed by atoms with E-state index in [1.807, 2.05) is 49.4 Å². The van der Waals surface area contributed by atoms with E-state index in [0.29, 0.717) is 12.1 Å². The Morgan fingerprint density at radius 1 is 0.867 bits per heavy atom. The molecule has 0 heterocycles. The van der Waals surface area contributed by atoms with Gasteiger partial charge >= 0.3 is 6.09 Å². The lowest BCUT2D eigenvalue weighted by Crippen LogP contribution is -2.34. The molecule has 0 aliphatic carbocycles. The van der Waals surface area contributed by atoms with Gasteiger partial charge in [0.1, 0.15) is 6.61 Å². The Kier molecular flexibility index (Phi) is 7.08. The highest BCUT2D eigenvalue weighted by molar-refractivity contribution is 7.92. The number of carbonyl (C=O) groups is 1. The number of hydrogen-bond donors (Lipinski definition) is 2. The van der Waals surface area contributed by atoms with Crippen LogP contribution in [0.4, 0.5) is 10.5 Å². The predicted molar refractivity (Wildman–Crippen MR) is 117 cm³/mol. The zero-order valence-corrected chi connectivity index (χ0v) is 17.4. The predicted octanol–water partition coefficient (Wildman–Crippen LogP) is 4.34. The molecule has 0 aromatic heterocycles. The average molecular weight is 425 g/mol. The number of benzene rings is 3. The van der Waals surface area contributed by atoms with Crippen molar-refractivity contribution in [1.82, 2.24) is 5.32 Å². The second kappa shape index (κ2) is 9.93. The lowest BCUT2D eigenvalue weighted by molar-refractivity contribution is 0.136. The van der Waals surface area contributed by atoms with Crippen LogP contribution in [0, 0.1) is 0 Å². The Morgan fingerprint density at radius 3 is 2.10 bits per heavy atom. The smallest absolute Gasteiger partial charge is 0.407 e. The first-order chi connectivity index (χ1) is 14.4. The van der Waals surface area contributed by atoms with Crippen LogP contribution < -0.4 is 10.0 Å². The summed E-state index contributed by atoms with van der Waals surface area (Å²) in [6.07, 6.45) is 0.116. The summed E-state index contributed by atoms with van der Waals surface area (Å²) in [5.74, 6) is 0. The largest absolute Gasteiger partial charge is 0.445 e. The minimum Gasteiger partial charge on any atom is -0.445 e. The van der Waals surface area contributed by atoms with Gasteiger partial charge in [0.25, 0.3) is 10.0 Å². The van der Waals surface area contributed by atoms with E-state index in [0.717, 1.165) is 11.1 Å². The molecule has 6 nitrogen and oxygen atoms in total. The minimum absolute atomic E-state index is 0.139. The molecule has 3 rings (SSSR count). The third-order valence-corrected chi connectivity index (χ3v) is 5.78. The van der Waals surface area contributed by atoms with Gasteiger partial charge in [-0.25, -0.2) is 13.2 Å². The summed E-state index contributed by atoms with van der Waals surface area (Å²) in [5, 5.41) is 2.80. The molecule has 2 N–H and O–H groups in total. The lowest BCUT2D eigenvalue weighted by atomic mass is 10.1. The number of ether oxygens (including phenoxy) is 1. The van der Waals surface area contributed by atoms with Crippen LogP contribution in [0.2, 0.25) is 0 Å². The van der Waals surface area contributed by atoms with Crippen LogP contribution in [0.5, 0.6) is 0 Å². The Balaban J connectivity index is 1.49. The number of sulfonamides is 1. The zero-order chi connectivity index (χ0) is 21.4. The van der Waals surface area contributed by atoms with E-state index in [1.54, 1.807) is 42.5 Å². The van der Waals surface area contributed by atoms with Crippen LogP contribution in [-0.2, 0) is 27.8 Å². The third kappa shape index (κ3) is 6.35. The molecule has 0 aliphatic heterocycles. The highest BCUT2D eigenvalue weighted by Crippen LogP contribution is 2.17. The standard InChI is InChI=1S/C23H24N2O4S/c1-18(24-23(26)29-17-20-8-4-2-5-9-20)16-19-12-14-21(15-13-19)25-30(27,28)22-10-6-3-7-11-22/h2-15,18,25H,16-17H2,1H3,(H,24,26)/t18-/m0/s1. The van der Waals surface area contributed by atoms with Crippen molar-refractivity contribution in [2.24, 2.45) is 0 Å². The first kappa shape index (κ1) is 21.4. The summed E-state index contributed by atoms with van der Waals surface area (Å²) in [7, 11) is -3.62. The molecule has 30 heavy (non-hydrogen) atoms. The van der Waals surface area contributed by atoms with Crippen LogP contribution in [-0.4, -0.2) is 20.6 Å². The van der Waals surface area contributed by atoms with E-state index in [9.17, 15) is 13.2 Å². The van der Waals surface area contributed by atoms with Gasteiger partial charge in [-0.05, 0) is 48.7 Å². The highest BCUT2D eigenvalue weighted by Gasteiger charge is 2.14. The molecule has 0 radical (unpaired) electrons. The molecule has 3 aromatic carbocycles. The van der Waals surface area contributed by atoms with E-state index in [-0.39, 0.29) is 17.5 Å². The number of carbonyl (C=O) groups excluding carboxylic acids is 1. The van der Waals surface area contributed by atoms with E-state index < -0.39 is 16.1 Å². The average Bonchev–Trinajstić information content (AvgIpc) is 2.75. The summed E-state index contributed by atoms with van der Waals surface area (Å²) in [6.45, 7) is 2.10. The lowest BCUT2D eigenvalue weighted by Gasteiger charge is -2.15. The van der Waals surface area contributed by atoms with Crippen molar-refractivity contribution >= 4 is 21.8 Å². The van der Waals surface area contributed by atoms with Crippen LogP contribution in [0.15, 0.2) is 89.8 Å². The van der Waals surface area contributed by atoms with Gasteiger partial charge in [-0.3, -0.25) is 4.72 Å². The number of amides is 1. The van der Waals surface area contributed by atoms with Crippen LogP contribution in [0.25, 0.3) is 0 Å². The minimum atomic E-state index is -3.62. The quantitative estimate of drug-likeness (QED) is 0.563. The molecular formula is C23H24N2O4S. The maximum Gasteiger partial charge on any atom is 0.407 e. The van der Waals surface area contributed by atoms with Crippen molar-refractivity contribution in [1.29, 1.82) is 0 Å².